The highest BCUT2D eigenvalue weighted by molar-refractivity contribution is 6.39. The zero-order valence-electron chi connectivity index (χ0n) is 15.0. The Morgan fingerprint density at radius 3 is 2.38 bits per heavy atom. The molecule has 7 heteroatoms. The van der Waals surface area contributed by atoms with Crippen molar-refractivity contribution in [1.29, 1.82) is 0 Å². The largest absolute Gasteiger partial charge is 0.508 e. The fourth-order valence-electron chi connectivity index (χ4n) is 2.40. The second kappa shape index (κ2) is 8.75. The number of hydrogen-bond donors (Lipinski definition) is 3. The fraction of sp³-hybridized carbons (Fsp3) is 0.263. The van der Waals surface area contributed by atoms with Crippen LogP contribution < -0.4 is 20.1 Å². The van der Waals surface area contributed by atoms with Gasteiger partial charge in [0, 0.05) is 12.2 Å². The lowest BCUT2D eigenvalue weighted by Gasteiger charge is -2.11. The molecular formula is C19H22N2O5. The molecule has 0 aromatic heterocycles. The minimum Gasteiger partial charge on any atom is -0.508 e. The van der Waals surface area contributed by atoms with Crippen molar-refractivity contribution >= 4 is 17.5 Å². The van der Waals surface area contributed by atoms with Crippen LogP contribution in [0.3, 0.4) is 0 Å². The topological polar surface area (TPSA) is 96.9 Å². The van der Waals surface area contributed by atoms with Crippen molar-refractivity contribution in [3.05, 3.63) is 47.5 Å². The summed E-state index contributed by atoms with van der Waals surface area (Å²) in [6, 6.07) is 9.97. The van der Waals surface area contributed by atoms with E-state index in [9.17, 15) is 14.7 Å². The van der Waals surface area contributed by atoms with E-state index in [1.54, 1.807) is 33.3 Å². The van der Waals surface area contributed by atoms with E-state index in [0.717, 1.165) is 5.56 Å². The number of phenols is 1. The van der Waals surface area contributed by atoms with Gasteiger partial charge in [0.05, 0.1) is 14.2 Å². The first-order valence-electron chi connectivity index (χ1n) is 8.04. The average molecular weight is 358 g/mol. The number of carbonyl (C=O) groups is 2. The lowest BCUT2D eigenvalue weighted by molar-refractivity contribution is -0.136. The highest BCUT2D eigenvalue weighted by atomic mass is 16.5. The van der Waals surface area contributed by atoms with E-state index in [2.05, 4.69) is 10.6 Å². The maximum Gasteiger partial charge on any atom is 0.313 e. The Hall–Kier alpha value is -3.22. The van der Waals surface area contributed by atoms with Gasteiger partial charge in [-0.15, -0.1) is 0 Å². The minimum absolute atomic E-state index is 0.0971. The number of anilines is 1. The number of methoxy groups -OCH3 is 2. The lowest BCUT2D eigenvalue weighted by atomic mass is 10.1. The maximum absolute atomic E-state index is 12.0. The number of nitrogens with one attached hydrogen (secondary N) is 2. The van der Waals surface area contributed by atoms with Crippen LogP contribution in [-0.2, 0) is 16.0 Å². The van der Waals surface area contributed by atoms with Crippen molar-refractivity contribution in [2.24, 2.45) is 0 Å². The fourth-order valence-corrected chi connectivity index (χ4v) is 2.40. The van der Waals surface area contributed by atoms with Crippen LogP contribution in [0.25, 0.3) is 0 Å². The van der Waals surface area contributed by atoms with E-state index in [0.29, 0.717) is 35.7 Å². The molecule has 0 unspecified atom stereocenters. The molecule has 2 amide bonds. The van der Waals surface area contributed by atoms with Gasteiger partial charge in [-0.05, 0) is 54.8 Å². The Morgan fingerprint density at radius 1 is 1.00 bits per heavy atom. The summed E-state index contributed by atoms with van der Waals surface area (Å²) in [6.07, 6.45) is 0.539. The molecule has 3 N–H and O–H groups in total. The van der Waals surface area contributed by atoms with Gasteiger partial charge in [-0.2, -0.15) is 0 Å². The maximum atomic E-state index is 12.0. The highest BCUT2D eigenvalue weighted by Gasteiger charge is 2.14. The standard InChI is InChI=1S/C19H22N2O5/c1-12-10-14(22)5-6-15(12)21-19(24)18(23)20-9-8-13-4-7-16(25-2)17(11-13)26-3/h4-7,10-11,22H,8-9H2,1-3H3,(H,20,23)(H,21,24). The molecule has 7 nitrogen and oxygen atoms in total. The van der Waals surface area contributed by atoms with E-state index < -0.39 is 11.8 Å². The number of hydrogen-bond acceptors (Lipinski definition) is 5. The van der Waals surface area contributed by atoms with Gasteiger partial charge in [0.2, 0.25) is 0 Å². The Kier molecular flexibility index (Phi) is 6.43. The van der Waals surface area contributed by atoms with E-state index >= 15 is 0 Å². The van der Waals surface area contributed by atoms with Gasteiger partial charge in [0.15, 0.2) is 11.5 Å². The molecule has 0 heterocycles. The van der Waals surface area contributed by atoms with Crippen molar-refractivity contribution in [1.82, 2.24) is 5.32 Å². The van der Waals surface area contributed by atoms with Gasteiger partial charge in [0.1, 0.15) is 5.75 Å². The molecule has 0 fully saturated rings. The summed E-state index contributed by atoms with van der Waals surface area (Å²) in [7, 11) is 3.12. The molecule has 2 aromatic rings. The van der Waals surface area contributed by atoms with Gasteiger partial charge in [-0.25, -0.2) is 0 Å². The van der Waals surface area contributed by atoms with Gasteiger partial charge < -0.3 is 25.2 Å². The SMILES string of the molecule is COc1ccc(CCNC(=O)C(=O)Nc2ccc(O)cc2C)cc1OC. The summed E-state index contributed by atoms with van der Waals surface area (Å²) in [4.78, 5) is 23.9. The third-order valence-corrected chi connectivity index (χ3v) is 3.81. The molecule has 0 radical (unpaired) electrons. The van der Waals surface area contributed by atoms with Gasteiger partial charge in [-0.3, -0.25) is 9.59 Å². The summed E-state index contributed by atoms with van der Waals surface area (Å²) >= 11 is 0. The molecule has 0 saturated heterocycles. The smallest absolute Gasteiger partial charge is 0.313 e. The number of amides is 2. The van der Waals surface area contributed by atoms with E-state index in [1.807, 2.05) is 12.1 Å². The monoisotopic (exact) mass is 358 g/mol. The van der Waals surface area contributed by atoms with Gasteiger partial charge in [0.25, 0.3) is 0 Å². The Bertz CT molecular complexity index is 805. The summed E-state index contributed by atoms with van der Waals surface area (Å²) in [5, 5.41) is 14.5. The summed E-state index contributed by atoms with van der Waals surface area (Å²) in [6.45, 7) is 2.03. The van der Waals surface area contributed by atoms with Crippen LogP contribution in [0, 0.1) is 6.92 Å². The predicted octanol–water partition coefficient (Wildman–Crippen LogP) is 2.02. The van der Waals surface area contributed by atoms with Crippen LogP contribution in [0.4, 0.5) is 5.69 Å². The summed E-state index contributed by atoms with van der Waals surface area (Å²) in [5.74, 6) is -0.148. The Balaban J connectivity index is 1.87. The van der Waals surface area contributed by atoms with Crippen molar-refractivity contribution < 1.29 is 24.2 Å². The van der Waals surface area contributed by atoms with Gasteiger partial charge >= 0.3 is 11.8 Å². The number of carbonyl (C=O) groups excluding carboxylic acids is 2. The minimum atomic E-state index is -0.758. The number of ether oxygens (including phenoxy) is 2. The zero-order chi connectivity index (χ0) is 19.1. The van der Waals surface area contributed by atoms with Crippen molar-refractivity contribution in [3.8, 4) is 17.2 Å². The van der Waals surface area contributed by atoms with Crippen molar-refractivity contribution in [2.75, 3.05) is 26.1 Å². The summed E-state index contributed by atoms with van der Waals surface area (Å²) in [5.41, 5.74) is 2.08. The van der Waals surface area contributed by atoms with E-state index in [1.165, 1.54) is 12.1 Å². The first-order valence-corrected chi connectivity index (χ1v) is 8.04. The van der Waals surface area contributed by atoms with Crippen molar-refractivity contribution in [3.63, 3.8) is 0 Å². The first-order chi connectivity index (χ1) is 12.4. The molecule has 0 spiro atoms. The average Bonchev–Trinajstić information content (AvgIpc) is 2.63. The molecule has 2 aromatic carbocycles. The molecule has 138 valence electrons. The second-order valence-corrected chi connectivity index (χ2v) is 5.65. The quantitative estimate of drug-likeness (QED) is 0.542. The van der Waals surface area contributed by atoms with Crippen LogP contribution in [0.2, 0.25) is 0 Å². The predicted molar refractivity (Wildman–Crippen MR) is 97.7 cm³/mol. The molecule has 26 heavy (non-hydrogen) atoms. The molecule has 0 aliphatic carbocycles. The Labute approximate surface area is 151 Å². The normalized spacial score (nSPS) is 10.1. The molecular weight excluding hydrogens is 336 g/mol. The van der Waals surface area contributed by atoms with Crippen LogP contribution in [0.1, 0.15) is 11.1 Å². The van der Waals surface area contributed by atoms with E-state index in [4.69, 9.17) is 9.47 Å². The number of aryl methyl sites for hydroxylation is 1. The Morgan fingerprint density at radius 2 is 1.73 bits per heavy atom. The number of aromatic hydroxyl groups is 1. The second-order valence-electron chi connectivity index (χ2n) is 5.65. The summed E-state index contributed by atoms with van der Waals surface area (Å²) < 4.78 is 10.4. The highest BCUT2D eigenvalue weighted by Crippen LogP contribution is 2.27. The number of rotatable bonds is 6. The van der Waals surface area contributed by atoms with Crippen molar-refractivity contribution in [2.45, 2.75) is 13.3 Å². The molecule has 0 saturated carbocycles. The first kappa shape index (κ1) is 19.1. The third kappa shape index (κ3) is 4.89. The van der Waals surface area contributed by atoms with Crippen LogP contribution >= 0.6 is 0 Å². The molecule has 0 bridgehead atoms. The van der Waals surface area contributed by atoms with Gasteiger partial charge in [-0.1, -0.05) is 6.07 Å². The molecule has 0 aliphatic rings. The van der Waals surface area contributed by atoms with E-state index in [-0.39, 0.29) is 5.75 Å². The third-order valence-electron chi connectivity index (χ3n) is 3.81. The number of phenolic OH excluding ortho intramolecular Hbond substituents is 1. The zero-order valence-corrected chi connectivity index (χ0v) is 15.0. The molecule has 0 atom stereocenters. The molecule has 2 rings (SSSR count). The van der Waals surface area contributed by atoms with Crippen LogP contribution in [0.15, 0.2) is 36.4 Å². The van der Waals surface area contributed by atoms with Crippen LogP contribution in [0.5, 0.6) is 17.2 Å². The lowest BCUT2D eigenvalue weighted by Crippen LogP contribution is -2.36. The molecule has 0 aliphatic heterocycles. The number of benzene rings is 2. The van der Waals surface area contributed by atoms with Crippen LogP contribution in [-0.4, -0.2) is 37.7 Å².